The molecule has 7 heteroatoms. The van der Waals surface area contributed by atoms with Crippen molar-refractivity contribution in [3.05, 3.63) is 31.7 Å². The lowest BCUT2D eigenvalue weighted by atomic mass is 9.90. The highest BCUT2D eigenvalue weighted by Gasteiger charge is 2.24. The molecular weight excluding hydrogens is 344 g/mol. The van der Waals surface area contributed by atoms with Gasteiger partial charge in [0.2, 0.25) is 0 Å². The minimum atomic E-state index is -0.728. The average Bonchev–Trinajstić information content (AvgIpc) is 2.45. The molecule has 0 aliphatic carbocycles. The molecule has 20 heavy (non-hydrogen) atoms. The Morgan fingerprint density at radius 2 is 1.85 bits per heavy atom. The van der Waals surface area contributed by atoms with Crippen LogP contribution in [0.1, 0.15) is 31.2 Å². The van der Waals surface area contributed by atoms with Crippen LogP contribution < -0.4 is 5.73 Å². The van der Waals surface area contributed by atoms with Crippen LogP contribution in [0.15, 0.2) is 6.07 Å². The van der Waals surface area contributed by atoms with Gasteiger partial charge in [-0.3, -0.25) is 4.79 Å². The molecule has 0 saturated carbocycles. The fourth-order valence-electron chi connectivity index (χ4n) is 1.96. The molecule has 0 amide bonds. The summed E-state index contributed by atoms with van der Waals surface area (Å²) in [5.41, 5.74) is 6.52. The number of hydrogen-bond acceptors (Lipinski definition) is 3. The predicted molar refractivity (Wildman–Crippen MR) is 84.1 cm³/mol. The first-order chi connectivity index (χ1) is 9.33. The van der Waals surface area contributed by atoms with Gasteiger partial charge >= 0.3 is 5.97 Å². The van der Waals surface area contributed by atoms with E-state index in [2.05, 4.69) is 4.74 Å². The second kappa shape index (κ2) is 7.71. The maximum Gasteiger partial charge on any atom is 0.322 e. The van der Waals surface area contributed by atoms with Gasteiger partial charge in [0.15, 0.2) is 0 Å². The molecule has 0 aliphatic heterocycles. The molecule has 0 fully saturated rings. The van der Waals surface area contributed by atoms with Crippen LogP contribution in [0.25, 0.3) is 0 Å². The standard InChI is InChI=1S/C13H15Cl4NO2/c1-3-6(4-9(18)13(19)20-2)7-5-8(14)11(16)12(17)10(7)15/h5-6,9H,3-4,18H2,1-2H3. The van der Waals surface area contributed by atoms with Gasteiger partial charge in [0, 0.05) is 0 Å². The van der Waals surface area contributed by atoms with E-state index in [1.54, 1.807) is 6.07 Å². The van der Waals surface area contributed by atoms with E-state index >= 15 is 0 Å². The van der Waals surface area contributed by atoms with E-state index in [4.69, 9.17) is 52.1 Å². The number of carbonyl (C=O) groups is 1. The number of nitrogens with two attached hydrogens (primary N) is 1. The van der Waals surface area contributed by atoms with Gasteiger partial charge in [-0.15, -0.1) is 0 Å². The van der Waals surface area contributed by atoms with Gasteiger partial charge in [0.1, 0.15) is 6.04 Å². The van der Waals surface area contributed by atoms with E-state index in [9.17, 15) is 4.79 Å². The molecule has 0 aromatic heterocycles. The second-order valence-electron chi connectivity index (χ2n) is 4.36. The molecule has 112 valence electrons. The van der Waals surface area contributed by atoms with Crippen molar-refractivity contribution in [1.82, 2.24) is 0 Å². The Kier molecular flexibility index (Phi) is 6.89. The molecule has 0 radical (unpaired) electrons. The second-order valence-corrected chi connectivity index (χ2v) is 5.90. The molecule has 2 unspecified atom stereocenters. The highest BCUT2D eigenvalue weighted by atomic mass is 35.5. The average molecular weight is 359 g/mol. The molecule has 2 atom stereocenters. The molecule has 0 spiro atoms. The SMILES string of the molecule is CCC(CC(N)C(=O)OC)c1cc(Cl)c(Cl)c(Cl)c1Cl. The number of halogens is 4. The predicted octanol–water partition coefficient (Wildman–Crippen LogP) is 4.68. The molecule has 3 nitrogen and oxygen atoms in total. The molecule has 1 aromatic rings. The van der Waals surface area contributed by atoms with Crippen LogP contribution in [0.3, 0.4) is 0 Å². The zero-order valence-corrected chi connectivity index (χ0v) is 14.1. The lowest BCUT2D eigenvalue weighted by molar-refractivity contribution is -0.142. The summed E-state index contributed by atoms with van der Waals surface area (Å²) in [5, 5.41) is 1.08. The maximum atomic E-state index is 11.4. The lowest BCUT2D eigenvalue weighted by Crippen LogP contribution is -2.33. The monoisotopic (exact) mass is 357 g/mol. The number of esters is 1. The molecule has 0 bridgehead atoms. The quantitative estimate of drug-likeness (QED) is 0.472. The number of hydrogen-bond donors (Lipinski definition) is 1. The third-order valence-corrected chi connectivity index (χ3v) is 4.87. The summed E-state index contributed by atoms with van der Waals surface area (Å²) in [7, 11) is 1.30. The third kappa shape index (κ3) is 3.92. The Hall–Kier alpha value is -0.190. The highest BCUT2D eigenvalue weighted by Crippen LogP contribution is 2.42. The first-order valence-electron chi connectivity index (χ1n) is 5.99. The van der Waals surface area contributed by atoms with Crippen molar-refractivity contribution in [2.75, 3.05) is 7.11 Å². The van der Waals surface area contributed by atoms with Crippen LogP contribution in [0.4, 0.5) is 0 Å². The van der Waals surface area contributed by atoms with Gasteiger partial charge in [-0.2, -0.15) is 0 Å². The van der Waals surface area contributed by atoms with Gasteiger partial charge in [0.05, 0.1) is 27.2 Å². The summed E-state index contributed by atoms with van der Waals surface area (Å²) >= 11 is 24.2. The topological polar surface area (TPSA) is 52.3 Å². The van der Waals surface area contributed by atoms with Crippen LogP contribution >= 0.6 is 46.4 Å². The lowest BCUT2D eigenvalue weighted by Gasteiger charge is -2.21. The van der Waals surface area contributed by atoms with Crippen LogP contribution in [0, 0.1) is 0 Å². The Morgan fingerprint density at radius 3 is 2.35 bits per heavy atom. The first kappa shape index (κ1) is 17.9. The van der Waals surface area contributed by atoms with Crippen molar-refractivity contribution in [3.63, 3.8) is 0 Å². The molecule has 0 aliphatic rings. The van der Waals surface area contributed by atoms with E-state index in [0.717, 1.165) is 12.0 Å². The maximum absolute atomic E-state index is 11.4. The summed E-state index contributed by atoms with van der Waals surface area (Å²) in [6.45, 7) is 1.96. The molecule has 2 N–H and O–H groups in total. The van der Waals surface area contributed by atoms with E-state index in [0.29, 0.717) is 16.5 Å². The minimum Gasteiger partial charge on any atom is -0.468 e. The van der Waals surface area contributed by atoms with Gasteiger partial charge in [0.25, 0.3) is 0 Å². The first-order valence-corrected chi connectivity index (χ1v) is 7.50. The van der Waals surface area contributed by atoms with Crippen molar-refractivity contribution in [2.45, 2.75) is 31.7 Å². The Labute approximate surface area is 138 Å². The Bertz CT molecular complexity index is 508. The molecule has 1 aromatic carbocycles. The van der Waals surface area contributed by atoms with Crippen molar-refractivity contribution in [2.24, 2.45) is 5.73 Å². The highest BCUT2D eigenvalue weighted by molar-refractivity contribution is 6.52. The van der Waals surface area contributed by atoms with E-state index in [-0.39, 0.29) is 16.0 Å². The molecular formula is C13H15Cl4NO2. The van der Waals surface area contributed by atoms with E-state index in [1.807, 2.05) is 6.92 Å². The number of carbonyl (C=O) groups excluding carboxylic acids is 1. The molecule has 0 heterocycles. The Morgan fingerprint density at radius 1 is 1.25 bits per heavy atom. The number of benzene rings is 1. The van der Waals surface area contributed by atoms with Crippen molar-refractivity contribution in [1.29, 1.82) is 0 Å². The Balaban J connectivity index is 3.10. The fourth-order valence-corrected chi connectivity index (χ4v) is 2.93. The van der Waals surface area contributed by atoms with Crippen LogP contribution in [0.2, 0.25) is 20.1 Å². The fraction of sp³-hybridized carbons (Fsp3) is 0.462. The zero-order valence-electron chi connectivity index (χ0n) is 11.1. The van der Waals surface area contributed by atoms with Gasteiger partial charge in [-0.1, -0.05) is 53.3 Å². The minimum absolute atomic E-state index is 0.0659. The van der Waals surface area contributed by atoms with E-state index < -0.39 is 12.0 Å². The van der Waals surface area contributed by atoms with Crippen LogP contribution in [0.5, 0.6) is 0 Å². The summed E-state index contributed by atoms with van der Waals surface area (Å²) in [5.74, 6) is -0.533. The number of methoxy groups -OCH3 is 1. The van der Waals surface area contributed by atoms with Gasteiger partial charge < -0.3 is 10.5 Å². The van der Waals surface area contributed by atoms with Crippen LogP contribution in [-0.2, 0) is 9.53 Å². The smallest absolute Gasteiger partial charge is 0.322 e. The van der Waals surface area contributed by atoms with Gasteiger partial charge in [-0.05, 0) is 30.4 Å². The third-order valence-electron chi connectivity index (χ3n) is 3.11. The van der Waals surface area contributed by atoms with Crippen molar-refractivity contribution < 1.29 is 9.53 Å². The van der Waals surface area contributed by atoms with E-state index in [1.165, 1.54) is 7.11 Å². The van der Waals surface area contributed by atoms with Crippen LogP contribution in [-0.4, -0.2) is 19.1 Å². The molecule has 1 rings (SSSR count). The normalized spacial score (nSPS) is 13.9. The van der Waals surface area contributed by atoms with Crippen molar-refractivity contribution >= 4 is 52.4 Å². The number of ether oxygens (including phenoxy) is 1. The molecule has 0 saturated heterocycles. The summed E-state index contributed by atoms with van der Waals surface area (Å²) in [6.07, 6.45) is 1.11. The van der Waals surface area contributed by atoms with Gasteiger partial charge in [-0.25, -0.2) is 0 Å². The largest absolute Gasteiger partial charge is 0.468 e. The summed E-state index contributed by atoms with van der Waals surface area (Å²) < 4.78 is 4.62. The number of rotatable bonds is 5. The summed E-state index contributed by atoms with van der Waals surface area (Å²) in [6, 6.07) is 0.935. The summed E-state index contributed by atoms with van der Waals surface area (Å²) in [4.78, 5) is 11.4. The zero-order chi connectivity index (χ0) is 15.4. The van der Waals surface area contributed by atoms with Crippen molar-refractivity contribution in [3.8, 4) is 0 Å².